The maximum absolute atomic E-state index is 13.7. The molecule has 1 aliphatic heterocycles. The second-order valence-electron chi connectivity index (χ2n) is 11.5. The summed E-state index contributed by atoms with van der Waals surface area (Å²) in [7, 11) is 1.66. The third-order valence-corrected chi connectivity index (χ3v) is 7.61. The first-order chi connectivity index (χ1) is 17.9. The van der Waals surface area contributed by atoms with Crippen molar-refractivity contribution in [3.8, 4) is 5.75 Å². The molecule has 38 heavy (non-hydrogen) atoms. The van der Waals surface area contributed by atoms with E-state index in [0.717, 1.165) is 28.1 Å². The third-order valence-electron chi connectivity index (χ3n) is 6.37. The van der Waals surface area contributed by atoms with Gasteiger partial charge in [-0.2, -0.15) is 5.10 Å². The van der Waals surface area contributed by atoms with E-state index in [9.17, 15) is 9.59 Å². The standard InChI is InChI=1S/C29H37N5O3S/c1-28(2,3)26-24-25(20-12-8-9-13-21(20)37-7)38-18-23(36)33(27(24)34(32-26)29(4,5)6)17-22(35)31-16-19-11-10-14-30-15-19/h8-15,25H,16-18H2,1-7H3,(H,31,35). The molecular weight excluding hydrogens is 498 g/mol. The molecule has 4 rings (SSSR count). The Morgan fingerprint density at radius 2 is 1.87 bits per heavy atom. The van der Waals surface area contributed by atoms with Gasteiger partial charge in [-0.05, 0) is 38.5 Å². The molecule has 0 aliphatic carbocycles. The molecule has 2 amide bonds. The maximum Gasteiger partial charge on any atom is 0.240 e. The Bertz CT molecular complexity index is 1310. The predicted octanol–water partition coefficient (Wildman–Crippen LogP) is 4.82. The fraction of sp³-hybridized carbons (Fsp3) is 0.448. The summed E-state index contributed by atoms with van der Waals surface area (Å²) in [5.41, 5.74) is 3.00. The second kappa shape index (κ2) is 10.8. The molecule has 0 radical (unpaired) electrons. The van der Waals surface area contributed by atoms with Crippen LogP contribution in [0.25, 0.3) is 0 Å². The summed E-state index contributed by atoms with van der Waals surface area (Å²) in [5, 5.41) is 7.87. The Hall–Kier alpha value is -3.33. The van der Waals surface area contributed by atoms with E-state index in [1.165, 1.54) is 0 Å². The summed E-state index contributed by atoms with van der Waals surface area (Å²) in [4.78, 5) is 32.6. The van der Waals surface area contributed by atoms with Crippen molar-refractivity contribution in [2.45, 2.75) is 64.3 Å². The highest BCUT2D eigenvalue weighted by Crippen LogP contribution is 2.50. The van der Waals surface area contributed by atoms with Crippen molar-refractivity contribution in [2.75, 3.05) is 24.3 Å². The minimum Gasteiger partial charge on any atom is -0.496 e. The molecule has 0 saturated carbocycles. The van der Waals surface area contributed by atoms with Crippen LogP contribution in [0.5, 0.6) is 5.75 Å². The molecule has 9 heteroatoms. The van der Waals surface area contributed by atoms with Gasteiger partial charge in [0.25, 0.3) is 0 Å². The van der Waals surface area contributed by atoms with Crippen LogP contribution in [-0.2, 0) is 27.1 Å². The van der Waals surface area contributed by atoms with Crippen LogP contribution in [0.3, 0.4) is 0 Å². The number of thioether (sulfide) groups is 1. The van der Waals surface area contributed by atoms with Crippen LogP contribution in [0.4, 0.5) is 5.82 Å². The molecular formula is C29H37N5O3S. The van der Waals surface area contributed by atoms with Crippen molar-refractivity contribution in [3.63, 3.8) is 0 Å². The zero-order valence-corrected chi connectivity index (χ0v) is 24.1. The Morgan fingerprint density at radius 3 is 2.50 bits per heavy atom. The fourth-order valence-corrected chi connectivity index (χ4v) is 5.80. The molecule has 1 unspecified atom stereocenters. The minimum atomic E-state index is -0.432. The Labute approximate surface area is 229 Å². The number of carbonyl (C=O) groups is 2. The molecule has 2 aromatic heterocycles. The van der Waals surface area contributed by atoms with Gasteiger partial charge in [0.05, 0.1) is 29.3 Å². The van der Waals surface area contributed by atoms with E-state index in [4.69, 9.17) is 9.84 Å². The van der Waals surface area contributed by atoms with Crippen molar-refractivity contribution >= 4 is 29.4 Å². The number of ether oxygens (including phenoxy) is 1. The molecule has 3 aromatic rings. The van der Waals surface area contributed by atoms with Gasteiger partial charge in [-0.15, -0.1) is 11.8 Å². The number of hydrogen-bond donors (Lipinski definition) is 1. The molecule has 0 spiro atoms. The average molecular weight is 536 g/mol. The molecule has 1 aliphatic rings. The fourth-order valence-electron chi connectivity index (χ4n) is 4.57. The smallest absolute Gasteiger partial charge is 0.240 e. The van der Waals surface area contributed by atoms with Crippen LogP contribution in [0.1, 0.15) is 69.2 Å². The van der Waals surface area contributed by atoms with E-state index in [1.54, 1.807) is 36.2 Å². The number of anilines is 1. The summed E-state index contributed by atoms with van der Waals surface area (Å²) in [6, 6.07) is 11.6. The molecule has 202 valence electrons. The van der Waals surface area contributed by atoms with Gasteiger partial charge in [0, 0.05) is 35.5 Å². The SMILES string of the molecule is COc1ccccc1C1SCC(=O)N(CC(=O)NCc2cccnc2)c2c1c(C(C)(C)C)nn2C(C)(C)C. The Morgan fingerprint density at radius 1 is 1.13 bits per heavy atom. The molecule has 8 nitrogen and oxygen atoms in total. The Kier molecular flexibility index (Phi) is 7.88. The van der Waals surface area contributed by atoms with Gasteiger partial charge < -0.3 is 10.1 Å². The van der Waals surface area contributed by atoms with Gasteiger partial charge in [-0.1, -0.05) is 45.0 Å². The van der Waals surface area contributed by atoms with Gasteiger partial charge >= 0.3 is 0 Å². The van der Waals surface area contributed by atoms with Crippen molar-refractivity contribution in [3.05, 3.63) is 71.2 Å². The number of hydrogen-bond acceptors (Lipinski definition) is 6. The van der Waals surface area contributed by atoms with Crippen molar-refractivity contribution in [1.82, 2.24) is 20.1 Å². The first-order valence-electron chi connectivity index (χ1n) is 12.8. The molecule has 1 atom stereocenters. The largest absolute Gasteiger partial charge is 0.496 e. The van der Waals surface area contributed by atoms with E-state index in [-0.39, 0.29) is 34.8 Å². The first kappa shape index (κ1) is 27.7. The number of rotatable bonds is 6. The molecule has 3 heterocycles. The number of nitrogens with zero attached hydrogens (tertiary/aromatic N) is 4. The number of methoxy groups -OCH3 is 1. The number of benzene rings is 1. The van der Waals surface area contributed by atoms with Gasteiger partial charge in [0.2, 0.25) is 11.8 Å². The van der Waals surface area contributed by atoms with Crippen molar-refractivity contribution < 1.29 is 14.3 Å². The monoisotopic (exact) mass is 535 g/mol. The quantitative estimate of drug-likeness (QED) is 0.487. The zero-order valence-electron chi connectivity index (χ0n) is 23.2. The minimum absolute atomic E-state index is 0.101. The highest BCUT2D eigenvalue weighted by atomic mass is 32.2. The summed E-state index contributed by atoms with van der Waals surface area (Å²) in [6.07, 6.45) is 3.41. The summed E-state index contributed by atoms with van der Waals surface area (Å²) >= 11 is 1.55. The summed E-state index contributed by atoms with van der Waals surface area (Å²) in [6.45, 7) is 12.8. The van der Waals surface area contributed by atoms with E-state index < -0.39 is 5.54 Å². The number of aromatic nitrogens is 3. The van der Waals surface area contributed by atoms with Crippen LogP contribution in [0, 0.1) is 0 Å². The summed E-state index contributed by atoms with van der Waals surface area (Å²) in [5.74, 6) is 1.28. The van der Waals surface area contributed by atoms with E-state index in [1.807, 2.05) is 41.1 Å². The first-order valence-corrected chi connectivity index (χ1v) is 13.8. The van der Waals surface area contributed by atoms with Crippen molar-refractivity contribution in [2.24, 2.45) is 0 Å². The maximum atomic E-state index is 13.7. The molecule has 1 aromatic carbocycles. The summed E-state index contributed by atoms with van der Waals surface area (Å²) < 4.78 is 7.66. The second-order valence-corrected chi connectivity index (χ2v) is 12.6. The van der Waals surface area contributed by atoms with E-state index in [2.05, 4.69) is 51.8 Å². The van der Waals surface area contributed by atoms with Gasteiger partial charge in [0.1, 0.15) is 18.1 Å². The van der Waals surface area contributed by atoms with Crippen LogP contribution < -0.4 is 15.0 Å². The van der Waals surface area contributed by atoms with Crippen LogP contribution in [0.2, 0.25) is 0 Å². The van der Waals surface area contributed by atoms with E-state index >= 15 is 0 Å². The van der Waals surface area contributed by atoms with E-state index in [0.29, 0.717) is 12.4 Å². The number of amides is 2. The normalized spacial score (nSPS) is 16.1. The molecule has 1 N–H and O–H groups in total. The lowest BCUT2D eigenvalue weighted by molar-refractivity contribution is -0.123. The Balaban J connectivity index is 1.85. The third kappa shape index (κ3) is 5.72. The van der Waals surface area contributed by atoms with Crippen molar-refractivity contribution in [1.29, 1.82) is 0 Å². The number of fused-ring (bicyclic) bond motifs is 1. The molecule has 0 fully saturated rings. The van der Waals surface area contributed by atoms with Gasteiger partial charge in [0.15, 0.2) is 0 Å². The lowest BCUT2D eigenvalue weighted by Gasteiger charge is -2.29. The van der Waals surface area contributed by atoms with Gasteiger partial charge in [-0.25, -0.2) is 4.68 Å². The molecule has 0 saturated heterocycles. The number of para-hydroxylation sites is 1. The topological polar surface area (TPSA) is 89.3 Å². The number of nitrogens with one attached hydrogen (secondary N) is 1. The lowest BCUT2D eigenvalue weighted by atomic mass is 9.87. The van der Waals surface area contributed by atoms with Gasteiger partial charge in [-0.3, -0.25) is 19.5 Å². The number of carbonyl (C=O) groups excluding carboxylic acids is 2. The number of pyridine rings is 1. The van der Waals surface area contributed by atoms with Crippen LogP contribution in [0.15, 0.2) is 48.8 Å². The average Bonchev–Trinajstić information content (AvgIpc) is 3.23. The van der Waals surface area contributed by atoms with Crippen LogP contribution >= 0.6 is 11.8 Å². The zero-order chi connectivity index (χ0) is 27.7. The molecule has 0 bridgehead atoms. The highest BCUT2D eigenvalue weighted by molar-refractivity contribution is 8.00. The lowest BCUT2D eigenvalue weighted by Crippen LogP contribution is -2.43. The predicted molar refractivity (Wildman–Crippen MR) is 152 cm³/mol. The highest BCUT2D eigenvalue weighted by Gasteiger charge is 2.42. The van der Waals surface area contributed by atoms with Crippen LogP contribution in [-0.4, -0.2) is 46.0 Å².